The van der Waals surface area contributed by atoms with Gasteiger partial charge >= 0.3 is 5.51 Å². The number of hydrogen-bond acceptors (Lipinski definition) is 7. The second-order valence-corrected chi connectivity index (χ2v) is 11.3. The average Bonchev–Trinajstić information content (AvgIpc) is 2.76. The zero-order valence-corrected chi connectivity index (χ0v) is 20.8. The van der Waals surface area contributed by atoms with Crippen molar-refractivity contribution < 1.29 is 26.7 Å². The van der Waals surface area contributed by atoms with E-state index < -0.39 is 15.5 Å². The number of aliphatic hydroxyl groups is 1. The molecule has 0 bridgehead atoms. The quantitative estimate of drug-likeness (QED) is 0.341. The van der Waals surface area contributed by atoms with Gasteiger partial charge in [-0.3, -0.25) is 0 Å². The third-order valence-electron chi connectivity index (χ3n) is 4.65. The normalized spacial score (nSPS) is 13.3. The Morgan fingerprint density at radius 1 is 1.12 bits per heavy atom. The van der Waals surface area contributed by atoms with Crippen molar-refractivity contribution in [3.8, 4) is 0 Å². The summed E-state index contributed by atoms with van der Waals surface area (Å²) in [5, 5.41) is 12.3. The van der Waals surface area contributed by atoms with Crippen LogP contribution in [-0.4, -0.2) is 69.5 Å². The summed E-state index contributed by atoms with van der Waals surface area (Å²) in [5.41, 5.74) is -4.36. The number of likely N-dealkylation sites (N-methyl/N-ethyl adjacent to an activating group) is 1. The molecule has 0 fully saturated rings. The van der Waals surface area contributed by atoms with Crippen LogP contribution in [0.5, 0.6) is 0 Å². The van der Waals surface area contributed by atoms with Gasteiger partial charge in [0.2, 0.25) is 10.0 Å². The zero-order chi connectivity index (χ0) is 24.5. The molecule has 0 aliphatic carbocycles. The Kier molecular flexibility index (Phi) is 10.8. The smallest absolute Gasteiger partial charge is 0.395 e. The molecule has 0 aliphatic rings. The highest BCUT2D eigenvalue weighted by Gasteiger charge is 2.31. The predicted molar refractivity (Wildman–Crippen MR) is 128 cm³/mol. The Balaban J connectivity index is 2.28. The van der Waals surface area contributed by atoms with Crippen molar-refractivity contribution in [2.24, 2.45) is 0 Å². The van der Waals surface area contributed by atoms with Crippen LogP contribution in [0.3, 0.4) is 0 Å². The standard InChI is InChI=1S/C21H28F3N3O3S3/c1-25-33(29,30)18-8-9-19(20(14-18)32-21(22,23)24)26-16(10-11-27(2)12-13-28)15-31-17-6-4-3-5-7-17/h3-9,14,16,25-26,28H,10-13,15H2,1-2H3. The Morgan fingerprint density at radius 2 is 1.82 bits per heavy atom. The van der Waals surface area contributed by atoms with Gasteiger partial charge in [0, 0.05) is 33.8 Å². The topological polar surface area (TPSA) is 81.7 Å². The predicted octanol–water partition coefficient (Wildman–Crippen LogP) is 4.09. The van der Waals surface area contributed by atoms with E-state index in [4.69, 9.17) is 5.11 Å². The summed E-state index contributed by atoms with van der Waals surface area (Å²) in [6.45, 7) is 1.13. The molecule has 0 spiro atoms. The Morgan fingerprint density at radius 3 is 2.42 bits per heavy atom. The minimum absolute atomic E-state index is 0.0150. The van der Waals surface area contributed by atoms with E-state index in [1.54, 1.807) is 11.8 Å². The number of sulfonamides is 1. The molecule has 6 nitrogen and oxygen atoms in total. The number of anilines is 1. The van der Waals surface area contributed by atoms with Gasteiger partial charge in [0.1, 0.15) is 0 Å². The van der Waals surface area contributed by atoms with Crippen molar-refractivity contribution in [2.45, 2.75) is 32.7 Å². The lowest BCUT2D eigenvalue weighted by Crippen LogP contribution is -2.31. The van der Waals surface area contributed by atoms with Crippen molar-refractivity contribution in [1.29, 1.82) is 0 Å². The first-order valence-electron chi connectivity index (χ1n) is 10.1. The minimum Gasteiger partial charge on any atom is -0.395 e. The Hall–Kier alpha value is -1.44. The molecule has 184 valence electrons. The molecule has 2 rings (SSSR count). The van der Waals surface area contributed by atoms with E-state index in [0.29, 0.717) is 25.3 Å². The maximum absolute atomic E-state index is 13.2. The second-order valence-electron chi connectivity index (χ2n) is 7.19. The molecule has 0 heterocycles. The number of rotatable bonds is 13. The second kappa shape index (κ2) is 12.9. The number of halogens is 3. The number of thioether (sulfide) groups is 2. The third-order valence-corrected chi connectivity index (χ3v) is 8.03. The maximum atomic E-state index is 13.2. The molecule has 0 saturated heterocycles. The van der Waals surface area contributed by atoms with Crippen molar-refractivity contribution in [3.63, 3.8) is 0 Å². The molecular formula is C21H28F3N3O3S3. The van der Waals surface area contributed by atoms with Crippen molar-refractivity contribution >= 4 is 39.2 Å². The molecule has 33 heavy (non-hydrogen) atoms. The van der Waals surface area contributed by atoms with Crippen LogP contribution in [0.25, 0.3) is 0 Å². The van der Waals surface area contributed by atoms with Crippen molar-refractivity contribution in [1.82, 2.24) is 9.62 Å². The molecular weight excluding hydrogens is 495 g/mol. The summed E-state index contributed by atoms with van der Waals surface area (Å²) in [5.74, 6) is 0.587. The summed E-state index contributed by atoms with van der Waals surface area (Å²) in [6, 6.07) is 13.2. The van der Waals surface area contributed by atoms with Crippen LogP contribution in [-0.2, 0) is 10.0 Å². The molecule has 0 saturated carbocycles. The van der Waals surface area contributed by atoms with Gasteiger partial charge in [-0.05, 0) is 69.2 Å². The maximum Gasteiger partial charge on any atom is 0.446 e. The van der Waals surface area contributed by atoms with E-state index in [-0.39, 0.29) is 39.9 Å². The lowest BCUT2D eigenvalue weighted by Gasteiger charge is -2.24. The fraction of sp³-hybridized carbons (Fsp3) is 0.429. The SMILES string of the molecule is CNS(=O)(=O)c1ccc(NC(CCN(C)CCO)CSc2ccccc2)c(SC(F)(F)F)c1. The summed E-state index contributed by atoms with van der Waals surface area (Å²) in [6.07, 6.45) is 0.614. The number of nitrogens with one attached hydrogen (secondary N) is 2. The monoisotopic (exact) mass is 523 g/mol. The van der Waals surface area contributed by atoms with Gasteiger partial charge in [0.25, 0.3) is 0 Å². The van der Waals surface area contributed by atoms with Gasteiger partial charge in [-0.15, -0.1) is 11.8 Å². The third kappa shape index (κ3) is 9.75. The average molecular weight is 524 g/mol. The van der Waals surface area contributed by atoms with Gasteiger partial charge in [-0.1, -0.05) is 18.2 Å². The molecule has 2 aromatic rings. The van der Waals surface area contributed by atoms with Gasteiger partial charge in [0.05, 0.1) is 11.5 Å². The number of hydrogen-bond donors (Lipinski definition) is 3. The molecule has 1 atom stereocenters. The largest absolute Gasteiger partial charge is 0.446 e. The summed E-state index contributed by atoms with van der Waals surface area (Å²) in [7, 11) is -0.821. The first kappa shape index (κ1) is 27.8. The van der Waals surface area contributed by atoms with Crippen LogP contribution in [0.2, 0.25) is 0 Å². The Labute approximate surface area is 201 Å². The first-order chi connectivity index (χ1) is 15.5. The van der Waals surface area contributed by atoms with Crippen LogP contribution in [0, 0.1) is 0 Å². The molecule has 0 amide bonds. The summed E-state index contributed by atoms with van der Waals surface area (Å²) >= 11 is 1.23. The number of nitrogens with zero attached hydrogens (tertiary/aromatic N) is 1. The minimum atomic E-state index is -4.58. The molecule has 2 aromatic carbocycles. The van der Waals surface area contributed by atoms with E-state index in [0.717, 1.165) is 11.0 Å². The molecule has 1 unspecified atom stereocenters. The molecule has 0 aromatic heterocycles. The lowest BCUT2D eigenvalue weighted by molar-refractivity contribution is -0.0328. The van der Waals surface area contributed by atoms with E-state index >= 15 is 0 Å². The highest BCUT2D eigenvalue weighted by Crippen LogP contribution is 2.41. The van der Waals surface area contributed by atoms with E-state index in [1.165, 1.54) is 19.2 Å². The van der Waals surface area contributed by atoms with E-state index in [1.807, 2.05) is 42.3 Å². The number of aliphatic hydroxyl groups excluding tert-OH is 1. The van der Waals surface area contributed by atoms with Crippen LogP contribution >= 0.6 is 23.5 Å². The van der Waals surface area contributed by atoms with Gasteiger partial charge < -0.3 is 15.3 Å². The van der Waals surface area contributed by atoms with Crippen LogP contribution in [0.4, 0.5) is 18.9 Å². The summed E-state index contributed by atoms with van der Waals surface area (Å²) in [4.78, 5) is 2.53. The highest BCUT2D eigenvalue weighted by molar-refractivity contribution is 8.00. The number of alkyl halides is 3. The molecule has 0 radical (unpaired) electrons. The van der Waals surface area contributed by atoms with Gasteiger partial charge in [-0.25, -0.2) is 13.1 Å². The van der Waals surface area contributed by atoms with Crippen LogP contribution < -0.4 is 10.0 Å². The first-order valence-corrected chi connectivity index (χ1v) is 13.4. The fourth-order valence-corrected chi connectivity index (χ4v) is 5.40. The van der Waals surface area contributed by atoms with E-state index in [2.05, 4.69) is 10.0 Å². The van der Waals surface area contributed by atoms with Gasteiger partial charge in [0.15, 0.2) is 0 Å². The molecule has 3 N–H and O–H groups in total. The van der Waals surface area contributed by atoms with Crippen LogP contribution in [0.1, 0.15) is 6.42 Å². The van der Waals surface area contributed by atoms with Crippen molar-refractivity contribution in [2.75, 3.05) is 44.9 Å². The van der Waals surface area contributed by atoms with E-state index in [9.17, 15) is 21.6 Å². The molecule has 0 aliphatic heterocycles. The van der Waals surface area contributed by atoms with Crippen molar-refractivity contribution in [3.05, 3.63) is 48.5 Å². The highest BCUT2D eigenvalue weighted by atomic mass is 32.2. The zero-order valence-electron chi connectivity index (χ0n) is 18.3. The molecule has 12 heteroatoms. The number of benzene rings is 2. The Bertz CT molecular complexity index is 977. The van der Waals surface area contributed by atoms with Crippen LogP contribution in [0.15, 0.2) is 63.2 Å². The van der Waals surface area contributed by atoms with Gasteiger partial charge in [-0.2, -0.15) is 13.2 Å². The lowest BCUT2D eigenvalue weighted by atomic mass is 10.2. The fourth-order valence-electron chi connectivity index (χ4n) is 2.91. The summed E-state index contributed by atoms with van der Waals surface area (Å²) < 4.78 is 66.0.